The minimum atomic E-state index is 0.250. The number of nitrogens with zero attached hydrogens (tertiary/aromatic N) is 2. The van der Waals surface area contributed by atoms with Crippen LogP contribution in [-0.4, -0.2) is 34.9 Å². The fourth-order valence-corrected chi connectivity index (χ4v) is 4.93. The van der Waals surface area contributed by atoms with E-state index in [4.69, 9.17) is 9.78 Å². The Hall–Kier alpha value is -2.96. The van der Waals surface area contributed by atoms with Crippen LogP contribution in [0.25, 0.3) is 33.3 Å². The van der Waals surface area contributed by atoms with E-state index in [0.29, 0.717) is 0 Å². The number of thiophene rings is 1. The van der Waals surface area contributed by atoms with E-state index in [1.54, 1.807) is 0 Å². The molecule has 1 aliphatic rings. The molecule has 1 aromatic carbocycles. The number of primary amides is 1. The molecule has 0 unspecified atom stereocenters. The first kappa shape index (κ1) is 20.3. The van der Waals surface area contributed by atoms with Crippen LogP contribution in [0.2, 0.25) is 0 Å². The minimum absolute atomic E-state index is 0.250. The SMILES string of the molecule is Cc1scc(-c2c[nH]c3ncc(-c4ccc5c(c4)CN(C)CC5)cc23)c1C.NC=O. The third-order valence-electron chi connectivity index (χ3n) is 5.85. The van der Waals surface area contributed by atoms with Crippen molar-refractivity contribution < 1.29 is 4.79 Å². The van der Waals surface area contributed by atoms with Crippen molar-refractivity contribution in [2.45, 2.75) is 26.8 Å². The summed E-state index contributed by atoms with van der Waals surface area (Å²) in [6.07, 6.45) is 5.47. The van der Waals surface area contributed by atoms with Crippen molar-refractivity contribution in [3.63, 3.8) is 0 Å². The van der Waals surface area contributed by atoms with Gasteiger partial charge in [0.15, 0.2) is 0 Å². The van der Waals surface area contributed by atoms with Crippen LogP contribution in [0.4, 0.5) is 0 Å². The van der Waals surface area contributed by atoms with Crippen LogP contribution < -0.4 is 5.73 Å². The third-order valence-corrected chi connectivity index (χ3v) is 6.86. The summed E-state index contributed by atoms with van der Waals surface area (Å²) < 4.78 is 0. The number of likely N-dealkylation sites (N-methyl/N-ethyl adjacent to an activating group) is 1. The average Bonchev–Trinajstić information content (AvgIpc) is 3.30. The lowest BCUT2D eigenvalue weighted by Crippen LogP contribution is -2.26. The van der Waals surface area contributed by atoms with Gasteiger partial charge in [-0.05, 0) is 72.6 Å². The molecule has 4 aromatic rings. The lowest BCUT2D eigenvalue weighted by atomic mass is 9.95. The molecule has 0 saturated heterocycles. The Morgan fingerprint density at radius 3 is 2.70 bits per heavy atom. The molecule has 0 saturated carbocycles. The van der Waals surface area contributed by atoms with Crippen LogP contribution in [0.1, 0.15) is 21.6 Å². The van der Waals surface area contributed by atoms with E-state index in [1.807, 2.05) is 17.5 Å². The molecule has 5 rings (SSSR count). The molecule has 0 bridgehead atoms. The Morgan fingerprint density at radius 1 is 1.17 bits per heavy atom. The number of carbonyl (C=O) groups excluding carboxylic acids is 1. The van der Waals surface area contributed by atoms with E-state index in [-0.39, 0.29) is 6.41 Å². The molecule has 0 fully saturated rings. The molecule has 6 heteroatoms. The Morgan fingerprint density at radius 2 is 1.97 bits per heavy atom. The number of hydrogen-bond donors (Lipinski definition) is 2. The van der Waals surface area contributed by atoms with Gasteiger partial charge >= 0.3 is 0 Å². The molecule has 1 amide bonds. The van der Waals surface area contributed by atoms with Crippen molar-refractivity contribution in [1.29, 1.82) is 0 Å². The van der Waals surface area contributed by atoms with Gasteiger partial charge in [-0.2, -0.15) is 0 Å². The maximum atomic E-state index is 8.58. The van der Waals surface area contributed by atoms with E-state index in [1.165, 1.54) is 49.2 Å². The number of benzene rings is 1. The smallest absolute Gasteiger partial charge is 0.204 e. The standard InChI is InChI=1S/C23H23N3S.CH3NO/c1-14-15(2)27-13-22(14)21-11-25-23-20(21)9-18(10-24-23)17-5-4-16-6-7-26(3)12-19(16)8-17;2-1-3/h4-5,8-11,13H,6-7,12H2,1-3H3,(H,24,25);1H,(H2,2,3). The van der Waals surface area contributed by atoms with E-state index in [9.17, 15) is 0 Å². The van der Waals surface area contributed by atoms with Crippen LogP contribution in [0.3, 0.4) is 0 Å². The molecular weight excluding hydrogens is 392 g/mol. The topological polar surface area (TPSA) is 75.0 Å². The number of amides is 1. The second-order valence-corrected chi connectivity index (χ2v) is 8.84. The first-order valence-corrected chi connectivity index (χ1v) is 10.9. The van der Waals surface area contributed by atoms with Gasteiger partial charge in [-0.15, -0.1) is 11.3 Å². The lowest BCUT2D eigenvalue weighted by molar-refractivity contribution is -0.106. The molecule has 0 radical (unpaired) electrons. The molecule has 0 spiro atoms. The summed E-state index contributed by atoms with van der Waals surface area (Å²) in [5.41, 5.74) is 14.4. The normalized spacial score (nSPS) is 13.6. The first-order chi connectivity index (χ1) is 14.5. The molecule has 5 nitrogen and oxygen atoms in total. The molecule has 4 heterocycles. The molecule has 3 aromatic heterocycles. The van der Waals surface area contributed by atoms with Gasteiger partial charge in [0.05, 0.1) is 0 Å². The van der Waals surface area contributed by atoms with Crippen LogP contribution in [0, 0.1) is 13.8 Å². The maximum Gasteiger partial charge on any atom is 0.204 e. The zero-order chi connectivity index (χ0) is 21.3. The summed E-state index contributed by atoms with van der Waals surface area (Å²) in [5.74, 6) is 0. The highest BCUT2D eigenvalue weighted by Crippen LogP contribution is 2.36. The number of nitrogens with one attached hydrogen (secondary N) is 1. The Labute approximate surface area is 180 Å². The Balaban J connectivity index is 0.000000687. The molecule has 1 aliphatic heterocycles. The van der Waals surface area contributed by atoms with Gasteiger partial charge in [0, 0.05) is 46.9 Å². The summed E-state index contributed by atoms with van der Waals surface area (Å²) >= 11 is 1.82. The third kappa shape index (κ3) is 3.76. The van der Waals surface area contributed by atoms with E-state index < -0.39 is 0 Å². The highest BCUT2D eigenvalue weighted by Gasteiger charge is 2.16. The van der Waals surface area contributed by atoms with Crippen LogP contribution in [0.15, 0.2) is 42.0 Å². The highest BCUT2D eigenvalue weighted by molar-refractivity contribution is 7.10. The van der Waals surface area contributed by atoms with Crippen LogP contribution >= 0.6 is 11.3 Å². The molecule has 3 N–H and O–H groups in total. The predicted octanol–water partition coefficient (Wildman–Crippen LogP) is 4.66. The molecule has 30 heavy (non-hydrogen) atoms. The van der Waals surface area contributed by atoms with Crippen LogP contribution in [0.5, 0.6) is 0 Å². The van der Waals surface area contributed by atoms with Gasteiger partial charge in [0.2, 0.25) is 6.41 Å². The van der Waals surface area contributed by atoms with E-state index >= 15 is 0 Å². The van der Waals surface area contributed by atoms with Crippen molar-refractivity contribution in [1.82, 2.24) is 14.9 Å². The second-order valence-electron chi connectivity index (χ2n) is 7.76. The van der Waals surface area contributed by atoms with Gasteiger partial charge in [0.1, 0.15) is 5.65 Å². The largest absolute Gasteiger partial charge is 0.372 e. The molecule has 0 aliphatic carbocycles. The van der Waals surface area contributed by atoms with E-state index in [2.05, 4.69) is 72.4 Å². The minimum Gasteiger partial charge on any atom is -0.372 e. The van der Waals surface area contributed by atoms with Crippen molar-refractivity contribution in [3.8, 4) is 22.3 Å². The number of aromatic nitrogens is 2. The van der Waals surface area contributed by atoms with Gasteiger partial charge in [-0.25, -0.2) is 4.98 Å². The summed E-state index contributed by atoms with van der Waals surface area (Å²) in [4.78, 5) is 20.4. The number of rotatable bonds is 2. The Kier molecular flexibility index (Phi) is 5.70. The maximum absolute atomic E-state index is 8.58. The van der Waals surface area contributed by atoms with Gasteiger partial charge in [0.25, 0.3) is 0 Å². The zero-order valence-electron chi connectivity index (χ0n) is 17.5. The number of carbonyl (C=O) groups is 1. The van der Waals surface area contributed by atoms with Crippen molar-refractivity contribution in [2.24, 2.45) is 5.73 Å². The van der Waals surface area contributed by atoms with Gasteiger partial charge < -0.3 is 15.6 Å². The summed E-state index contributed by atoms with van der Waals surface area (Å²) in [6, 6.07) is 9.18. The number of aromatic amines is 1. The number of hydrogen-bond acceptors (Lipinski definition) is 4. The summed E-state index contributed by atoms with van der Waals surface area (Å²) in [6.45, 7) is 6.57. The van der Waals surface area contributed by atoms with E-state index in [0.717, 1.165) is 25.2 Å². The Bertz CT molecular complexity index is 1210. The predicted molar refractivity (Wildman–Crippen MR) is 125 cm³/mol. The van der Waals surface area contributed by atoms with Crippen molar-refractivity contribution in [2.75, 3.05) is 13.6 Å². The zero-order valence-corrected chi connectivity index (χ0v) is 18.3. The number of fused-ring (bicyclic) bond motifs is 2. The number of nitrogens with two attached hydrogens (primary N) is 1. The second kappa shape index (κ2) is 8.42. The fraction of sp³-hybridized carbons (Fsp3) is 0.250. The van der Waals surface area contributed by atoms with Gasteiger partial charge in [-0.1, -0.05) is 12.1 Å². The van der Waals surface area contributed by atoms with Crippen molar-refractivity contribution >= 4 is 28.8 Å². The fourth-order valence-electron chi connectivity index (χ4n) is 4.04. The number of pyridine rings is 1. The monoisotopic (exact) mass is 418 g/mol. The lowest BCUT2D eigenvalue weighted by Gasteiger charge is -2.25. The molecule has 154 valence electrons. The van der Waals surface area contributed by atoms with Crippen molar-refractivity contribution in [3.05, 3.63) is 63.6 Å². The summed E-state index contributed by atoms with van der Waals surface area (Å²) in [7, 11) is 2.19. The quantitative estimate of drug-likeness (QED) is 0.465. The first-order valence-electron chi connectivity index (χ1n) is 10.00. The van der Waals surface area contributed by atoms with Gasteiger partial charge in [-0.3, -0.25) is 4.79 Å². The van der Waals surface area contributed by atoms with Crippen LogP contribution in [-0.2, 0) is 17.8 Å². The summed E-state index contributed by atoms with van der Waals surface area (Å²) in [5, 5.41) is 3.46. The average molecular weight is 419 g/mol. The number of aryl methyl sites for hydroxylation is 1. The highest BCUT2D eigenvalue weighted by atomic mass is 32.1. The molecule has 0 atom stereocenters. The molecular formula is C24H26N4OS. The number of H-pyrrole nitrogens is 1.